The molecule has 1 aliphatic carbocycles. The van der Waals surface area contributed by atoms with Gasteiger partial charge in [-0.3, -0.25) is 4.79 Å². The molecule has 1 aromatic heterocycles. The largest absolute Gasteiger partial charge is 0.475 e. The predicted molar refractivity (Wildman–Crippen MR) is 101 cm³/mol. The van der Waals surface area contributed by atoms with Gasteiger partial charge >= 0.3 is 0 Å². The minimum atomic E-state index is -0.162. The minimum absolute atomic E-state index is 0.00115. The number of nitrogens with zero attached hydrogens (tertiary/aromatic N) is 1. The van der Waals surface area contributed by atoms with Crippen molar-refractivity contribution in [2.24, 2.45) is 0 Å². The van der Waals surface area contributed by atoms with Crippen LogP contribution in [0.3, 0.4) is 0 Å². The molecule has 0 bridgehead atoms. The maximum Gasteiger partial charge on any atom is 0.257 e. The lowest BCUT2D eigenvalue weighted by Gasteiger charge is -2.37. The molecule has 1 heterocycles. The van der Waals surface area contributed by atoms with Crippen LogP contribution in [0.2, 0.25) is 0 Å². The van der Waals surface area contributed by atoms with E-state index in [-0.39, 0.29) is 17.4 Å². The molecule has 0 aliphatic heterocycles. The molecule has 0 fully saturated rings. The number of carbonyl (C=O) groups is 1. The van der Waals surface area contributed by atoms with Crippen molar-refractivity contribution in [2.45, 2.75) is 38.1 Å². The van der Waals surface area contributed by atoms with Gasteiger partial charge in [0.15, 0.2) is 0 Å². The fraction of sp³-hybridized carbons (Fsp3) is 0.429. The number of carbonyl (C=O) groups excluding carboxylic acids is 1. The number of aromatic nitrogens is 1. The number of fused-ring (bicyclic) bond motifs is 1. The molecule has 0 saturated heterocycles. The molecule has 0 radical (unpaired) electrons. The lowest BCUT2D eigenvalue weighted by molar-refractivity contribution is 0.0920. The van der Waals surface area contributed by atoms with Crippen LogP contribution < -0.4 is 10.1 Å². The SMILES string of the molecule is COCCOc1ncccc1C(=O)NC1CCC(C)(C)c2ccccc21. The van der Waals surface area contributed by atoms with E-state index in [4.69, 9.17) is 9.47 Å². The van der Waals surface area contributed by atoms with E-state index in [9.17, 15) is 4.79 Å². The number of benzene rings is 1. The Morgan fingerprint density at radius 1 is 1.23 bits per heavy atom. The first kappa shape index (κ1) is 18.4. The smallest absolute Gasteiger partial charge is 0.257 e. The third-order valence-electron chi connectivity index (χ3n) is 4.97. The number of hydrogen-bond acceptors (Lipinski definition) is 4. The third-order valence-corrected chi connectivity index (χ3v) is 4.97. The van der Waals surface area contributed by atoms with Gasteiger partial charge in [-0.05, 0) is 41.5 Å². The Morgan fingerprint density at radius 2 is 2.04 bits per heavy atom. The van der Waals surface area contributed by atoms with Gasteiger partial charge in [-0.15, -0.1) is 0 Å². The van der Waals surface area contributed by atoms with Gasteiger partial charge in [-0.1, -0.05) is 38.1 Å². The fourth-order valence-corrected chi connectivity index (χ4v) is 3.50. The van der Waals surface area contributed by atoms with E-state index in [2.05, 4.69) is 42.3 Å². The van der Waals surface area contributed by atoms with Crippen LogP contribution in [-0.4, -0.2) is 31.2 Å². The molecule has 0 saturated carbocycles. The van der Waals surface area contributed by atoms with Crippen molar-refractivity contribution in [2.75, 3.05) is 20.3 Å². The molecule has 5 heteroatoms. The van der Waals surface area contributed by atoms with Crippen LogP contribution in [-0.2, 0) is 10.2 Å². The second-order valence-electron chi connectivity index (χ2n) is 7.23. The van der Waals surface area contributed by atoms with Crippen molar-refractivity contribution in [1.82, 2.24) is 10.3 Å². The number of rotatable bonds is 6. The number of ether oxygens (including phenoxy) is 2. The maximum atomic E-state index is 12.9. The van der Waals surface area contributed by atoms with Crippen LogP contribution >= 0.6 is 0 Å². The Labute approximate surface area is 154 Å². The summed E-state index contributed by atoms with van der Waals surface area (Å²) in [4.78, 5) is 17.1. The molecule has 1 aromatic carbocycles. The van der Waals surface area contributed by atoms with Gasteiger partial charge in [-0.2, -0.15) is 0 Å². The molecule has 26 heavy (non-hydrogen) atoms. The van der Waals surface area contributed by atoms with E-state index in [1.807, 2.05) is 6.07 Å². The minimum Gasteiger partial charge on any atom is -0.475 e. The summed E-state index contributed by atoms with van der Waals surface area (Å²) in [7, 11) is 1.61. The van der Waals surface area contributed by atoms with Gasteiger partial charge < -0.3 is 14.8 Å². The zero-order valence-electron chi connectivity index (χ0n) is 15.6. The summed E-state index contributed by atoms with van der Waals surface area (Å²) in [6.45, 7) is 5.32. The highest BCUT2D eigenvalue weighted by Crippen LogP contribution is 2.41. The highest BCUT2D eigenvalue weighted by molar-refractivity contribution is 5.96. The first-order chi connectivity index (χ1) is 12.5. The zero-order chi connectivity index (χ0) is 18.6. The van der Waals surface area contributed by atoms with Crippen LogP contribution in [0.1, 0.15) is 54.2 Å². The highest BCUT2D eigenvalue weighted by atomic mass is 16.5. The molecule has 1 amide bonds. The summed E-state index contributed by atoms with van der Waals surface area (Å²) in [6.07, 6.45) is 3.56. The molecule has 0 spiro atoms. The highest BCUT2D eigenvalue weighted by Gasteiger charge is 2.33. The van der Waals surface area contributed by atoms with Crippen LogP contribution in [0.4, 0.5) is 0 Å². The van der Waals surface area contributed by atoms with Crippen molar-refractivity contribution >= 4 is 5.91 Å². The summed E-state index contributed by atoms with van der Waals surface area (Å²) in [5.41, 5.74) is 3.08. The number of hydrogen-bond donors (Lipinski definition) is 1. The third kappa shape index (κ3) is 3.88. The normalized spacial score (nSPS) is 18.0. The van der Waals surface area contributed by atoms with Crippen molar-refractivity contribution in [3.05, 3.63) is 59.3 Å². The van der Waals surface area contributed by atoms with Gasteiger partial charge in [0.1, 0.15) is 12.2 Å². The van der Waals surface area contributed by atoms with Crippen molar-refractivity contribution in [3.63, 3.8) is 0 Å². The Kier molecular flexibility index (Phi) is 5.57. The van der Waals surface area contributed by atoms with E-state index < -0.39 is 0 Å². The Bertz CT molecular complexity index is 773. The van der Waals surface area contributed by atoms with Crippen molar-refractivity contribution in [3.8, 4) is 5.88 Å². The average molecular weight is 354 g/mol. The molecule has 5 nitrogen and oxygen atoms in total. The molecular weight excluding hydrogens is 328 g/mol. The molecule has 138 valence electrons. The van der Waals surface area contributed by atoms with Crippen LogP contribution in [0, 0.1) is 0 Å². The summed E-state index contributed by atoms with van der Waals surface area (Å²) in [5, 5.41) is 3.17. The quantitative estimate of drug-likeness (QED) is 0.805. The Morgan fingerprint density at radius 3 is 2.85 bits per heavy atom. The molecule has 2 aromatic rings. The zero-order valence-corrected chi connectivity index (χ0v) is 15.6. The predicted octanol–water partition coefficient (Wildman–Crippen LogP) is 3.65. The van der Waals surface area contributed by atoms with Crippen LogP contribution in [0.15, 0.2) is 42.6 Å². The molecule has 1 aliphatic rings. The topological polar surface area (TPSA) is 60.5 Å². The number of methoxy groups -OCH3 is 1. The number of nitrogens with one attached hydrogen (secondary N) is 1. The van der Waals surface area contributed by atoms with E-state index in [1.165, 1.54) is 11.1 Å². The second-order valence-corrected chi connectivity index (χ2v) is 7.23. The van der Waals surface area contributed by atoms with E-state index in [0.29, 0.717) is 24.7 Å². The summed E-state index contributed by atoms with van der Waals surface area (Å²) < 4.78 is 10.6. The van der Waals surface area contributed by atoms with Gasteiger partial charge in [0.2, 0.25) is 5.88 Å². The van der Waals surface area contributed by atoms with E-state index >= 15 is 0 Å². The standard InChI is InChI=1S/C21H26N2O3/c1-21(2)11-10-18(15-7-4-5-9-17(15)21)23-19(24)16-8-6-12-22-20(16)26-14-13-25-3/h4-9,12,18H,10-11,13-14H2,1-3H3,(H,23,24). The molecule has 1 atom stereocenters. The summed E-state index contributed by atoms with van der Waals surface area (Å²) >= 11 is 0. The van der Waals surface area contributed by atoms with Gasteiger partial charge in [0, 0.05) is 13.3 Å². The monoisotopic (exact) mass is 354 g/mol. The van der Waals surface area contributed by atoms with Gasteiger partial charge in [-0.25, -0.2) is 4.98 Å². The van der Waals surface area contributed by atoms with Crippen LogP contribution in [0.5, 0.6) is 5.88 Å². The fourth-order valence-electron chi connectivity index (χ4n) is 3.50. The first-order valence-corrected chi connectivity index (χ1v) is 9.00. The second kappa shape index (κ2) is 7.87. The molecule has 1 unspecified atom stereocenters. The lowest BCUT2D eigenvalue weighted by atomic mass is 9.71. The van der Waals surface area contributed by atoms with Gasteiger partial charge in [0.25, 0.3) is 5.91 Å². The average Bonchev–Trinajstić information content (AvgIpc) is 2.65. The van der Waals surface area contributed by atoms with Crippen LogP contribution in [0.25, 0.3) is 0 Å². The maximum absolute atomic E-state index is 12.9. The van der Waals surface area contributed by atoms with Crippen molar-refractivity contribution < 1.29 is 14.3 Å². The van der Waals surface area contributed by atoms with E-state index in [1.54, 1.807) is 25.4 Å². The Balaban J connectivity index is 1.79. The Hall–Kier alpha value is -2.40. The van der Waals surface area contributed by atoms with E-state index in [0.717, 1.165) is 12.8 Å². The summed E-state index contributed by atoms with van der Waals surface area (Å²) in [6, 6.07) is 11.9. The number of amides is 1. The molecular formula is C21H26N2O3. The molecule has 3 rings (SSSR count). The lowest BCUT2D eigenvalue weighted by Crippen LogP contribution is -2.36. The first-order valence-electron chi connectivity index (χ1n) is 9.00. The van der Waals surface area contributed by atoms with Gasteiger partial charge in [0.05, 0.1) is 12.6 Å². The molecule has 1 N–H and O–H groups in total. The number of pyridine rings is 1. The van der Waals surface area contributed by atoms with Crippen molar-refractivity contribution in [1.29, 1.82) is 0 Å². The summed E-state index contributed by atoms with van der Waals surface area (Å²) in [5.74, 6) is 0.177.